The summed E-state index contributed by atoms with van der Waals surface area (Å²) >= 11 is 1.10. The predicted molar refractivity (Wildman–Crippen MR) is 56.5 cm³/mol. The van der Waals surface area contributed by atoms with Crippen LogP contribution in [0.3, 0.4) is 0 Å². The lowest BCUT2D eigenvalue weighted by molar-refractivity contribution is 0.170. The first kappa shape index (κ1) is 10.3. The molecule has 2 aromatic rings. The maximum absolute atomic E-state index is 9.85. The highest BCUT2D eigenvalue weighted by Gasteiger charge is 2.14. The molecular formula is C9H12N4OS. The summed E-state index contributed by atoms with van der Waals surface area (Å²) in [5.74, 6) is 0.873. The van der Waals surface area contributed by atoms with E-state index in [-0.39, 0.29) is 0 Å². The topological polar surface area (TPSA) is 63.8 Å². The van der Waals surface area contributed by atoms with E-state index in [9.17, 15) is 5.11 Å². The van der Waals surface area contributed by atoms with Crippen LogP contribution >= 0.6 is 11.7 Å². The molecule has 5 nitrogen and oxygen atoms in total. The highest BCUT2D eigenvalue weighted by molar-refractivity contribution is 6.99. The van der Waals surface area contributed by atoms with Crippen molar-refractivity contribution in [3.63, 3.8) is 0 Å². The number of aliphatic hydroxyl groups excluding tert-OH is 1. The minimum atomic E-state index is -0.614. The Bertz CT molecular complexity index is 411. The van der Waals surface area contributed by atoms with Crippen LogP contribution in [0.5, 0.6) is 0 Å². The van der Waals surface area contributed by atoms with Gasteiger partial charge in [0.25, 0.3) is 0 Å². The first-order valence-electron chi connectivity index (χ1n) is 4.76. The Balaban J connectivity index is 2.09. The van der Waals surface area contributed by atoms with E-state index in [2.05, 4.69) is 13.7 Å². The summed E-state index contributed by atoms with van der Waals surface area (Å²) in [6, 6.07) is 0. The Kier molecular flexibility index (Phi) is 3.08. The normalized spacial score (nSPS) is 12.9. The molecule has 0 saturated carbocycles. The number of hydrogen-bond donors (Lipinski definition) is 1. The van der Waals surface area contributed by atoms with Crippen LogP contribution in [-0.2, 0) is 13.0 Å². The summed E-state index contributed by atoms with van der Waals surface area (Å²) < 4.78 is 9.86. The van der Waals surface area contributed by atoms with Crippen LogP contribution in [0.15, 0.2) is 18.6 Å². The largest absolute Gasteiger partial charge is 0.386 e. The number of imidazole rings is 1. The van der Waals surface area contributed by atoms with Gasteiger partial charge in [-0.1, -0.05) is 0 Å². The SMILES string of the molecule is CCn1ccnc1CC(O)c1cnsn1. The standard InChI is InChI=1S/C9H12N4OS/c1-2-13-4-3-10-9(13)5-8(14)7-6-11-15-12-7/h3-4,6,8,14H,2,5H2,1H3. The van der Waals surface area contributed by atoms with Crippen LogP contribution < -0.4 is 0 Å². The molecule has 2 heterocycles. The van der Waals surface area contributed by atoms with Crippen LogP contribution in [0.4, 0.5) is 0 Å². The Morgan fingerprint density at radius 2 is 2.47 bits per heavy atom. The van der Waals surface area contributed by atoms with Crippen LogP contribution in [0.2, 0.25) is 0 Å². The molecule has 0 spiro atoms. The van der Waals surface area contributed by atoms with Crippen LogP contribution in [0, 0.1) is 0 Å². The lowest BCUT2D eigenvalue weighted by atomic mass is 10.2. The van der Waals surface area contributed by atoms with Gasteiger partial charge in [-0.05, 0) is 6.92 Å². The van der Waals surface area contributed by atoms with E-state index >= 15 is 0 Å². The van der Waals surface area contributed by atoms with Crippen LogP contribution in [0.25, 0.3) is 0 Å². The minimum Gasteiger partial charge on any atom is -0.386 e. The third-order valence-corrected chi connectivity index (χ3v) is 2.73. The maximum Gasteiger partial charge on any atom is 0.111 e. The van der Waals surface area contributed by atoms with Crippen molar-refractivity contribution in [2.24, 2.45) is 0 Å². The smallest absolute Gasteiger partial charge is 0.111 e. The van der Waals surface area contributed by atoms with Gasteiger partial charge in [-0.15, -0.1) is 0 Å². The Hall–Kier alpha value is -1.27. The monoisotopic (exact) mass is 224 g/mol. The average Bonchev–Trinajstić information content (AvgIpc) is 2.87. The van der Waals surface area contributed by atoms with Crippen molar-refractivity contribution >= 4 is 11.7 Å². The van der Waals surface area contributed by atoms with Crippen molar-refractivity contribution in [2.45, 2.75) is 26.0 Å². The van der Waals surface area contributed by atoms with E-state index in [4.69, 9.17) is 0 Å². The Morgan fingerprint density at radius 1 is 1.60 bits per heavy atom. The molecule has 0 aliphatic heterocycles. The summed E-state index contributed by atoms with van der Waals surface area (Å²) in [6.45, 7) is 2.90. The van der Waals surface area contributed by atoms with Crippen LogP contribution in [-0.4, -0.2) is 23.4 Å². The van der Waals surface area contributed by atoms with E-state index in [0.717, 1.165) is 24.1 Å². The van der Waals surface area contributed by atoms with Crippen molar-refractivity contribution < 1.29 is 5.11 Å². The molecule has 1 N–H and O–H groups in total. The summed E-state index contributed by atoms with van der Waals surface area (Å²) in [6.07, 6.45) is 5.10. The fraction of sp³-hybridized carbons (Fsp3) is 0.444. The number of aromatic nitrogens is 4. The second-order valence-corrected chi connectivity index (χ2v) is 3.74. The van der Waals surface area contributed by atoms with Gasteiger partial charge < -0.3 is 9.67 Å². The maximum atomic E-state index is 9.85. The molecule has 0 saturated heterocycles. The zero-order valence-corrected chi connectivity index (χ0v) is 9.18. The molecule has 1 unspecified atom stereocenters. The van der Waals surface area contributed by atoms with Gasteiger partial charge in [0.1, 0.15) is 17.6 Å². The summed E-state index contributed by atoms with van der Waals surface area (Å²) in [5, 5.41) is 9.85. The molecule has 0 aliphatic rings. The summed E-state index contributed by atoms with van der Waals surface area (Å²) in [7, 11) is 0. The van der Waals surface area contributed by atoms with Crippen molar-refractivity contribution in [1.82, 2.24) is 18.3 Å². The summed E-state index contributed by atoms with van der Waals surface area (Å²) in [4.78, 5) is 4.20. The molecule has 80 valence electrons. The molecule has 0 aromatic carbocycles. The number of aryl methyl sites for hydroxylation is 1. The van der Waals surface area contributed by atoms with Crippen molar-refractivity contribution in [1.29, 1.82) is 0 Å². The van der Waals surface area contributed by atoms with E-state index < -0.39 is 6.10 Å². The second-order valence-electron chi connectivity index (χ2n) is 3.18. The molecule has 0 aliphatic carbocycles. The lowest BCUT2D eigenvalue weighted by Crippen LogP contribution is -2.08. The van der Waals surface area contributed by atoms with Gasteiger partial charge >= 0.3 is 0 Å². The third-order valence-electron chi connectivity index (χ3n) is 2.24. The number of nitrogens with zero attached hydrogens (tertiary/aromatic N) is 4. The molecule has 2 aromatic heterocycles. The summed E-state index contributed by atoms with van der Waals surface area (Å²) in [5.41, 5.74) is 0.616. The van der Waals surface area contributed by atoms with Crippen LogP contribution in [0.1, 0.15) is 24.5 Å². The number of aliphatic hydroxyl groups is 1. The minimum absolute atomic E-state index is 0.478. The first-order chi connectivity index (χ1) is 7.31. The van der Waals surface area contributed by atoms with Crippen molar-refractivity contribution in [2.75, 3.05) is 0 Å². The van der Waals surface area contributed by atoms with Crippen molar-refractivity contribution in [3.8, 4) is 0 Å². The molecule has 0 amide bonds. The van der Waals surface area contributed by atoms with Gasteiger partial charge in [0, 0.05) is 25.4 Å². The van der Waals surface area contributed by atoms with E-state index in [1.165, 1.54) is 0 Å². The van der Waals surface area contributed by atoms with E-state index in [1.54, 1.807) is 12.4 Å². The highest BCUT2D eigenvalue weighted by atomic mass is 32.1. The Morgan fingerprint density at radius 3 is 3.13 bits per heavy atom. The zero-order chi connectivity index (χ0) is 10.7. The zero-order valence-electron chi connectivity index (χ0n) is 8.37. The fourth-order valence-corrected chi connectivity index (χ4v) is 1.88. The lowest BCUT2D eigenvalue weighted by Gasteiger charge is -2.08. The van der Waals surface area contributed by atoms with Gasteiger partial charge in [-0.3, -0.25) is 0 Å². The quantitative estimate of drug-likeness (QED) is 0.842. The molecule has 0 fully saturated rings. The van der Waals surface area contributed by atoms with Gasteiger partial charge in [0.05, 0.1) is 17.9 Å². The predicted octanol–water partition coefficient (Wildman–Crippen LogP) is 1.03. The molecule has 2 rings (SSSR count). The van der Waals surface area contributed by atoms with Gasteiger partial charge in [0.2, 0.25) is 0 Å². The first-order valence-corrected chi connectivity index (χ1v) is 5.49. The second kappa shape index (κ2) is 4.50. The third kappa shape index (κ3) is 2.21. The number of rotatable bonds is 4. The molecule has 0 radical (unpaired) electrons. The fourth-order valence-electron chi connectivity index (χ4n) is 1.41. The Labute approximate surface area is 91.7 Å². The van der Waals surface area contributed by atoms with Crippen molar-refractivity contribution in [3.05, 3.63) is 30.1 Å². The average molecular weight is 224 g/mol. The van der Waals surface area contributed by atoms with Gasteiger partial charge in [-0.2, -0.15) is 8.75 Å². The molecular weight excluding hydrogens is 212 g/mol. The molecule has 15 heavy (non-hydrogen) atoms. The van der Waals surface area contributed by atoms with Gasteiger partial charge in [-0.25, -0.2) is 4.98 Å². The molecule has 1 atom stereocenters. The van der Waals surface area contributed by atoms with Gasteiger partial charge in [0.15, 0.2) is 0 Å². The van der Waals surface area contributed by atoms with E-state index in [1.807, 2.05) is 17.7 Å². The molecule has 0 bridgehead atoms. The van der Waals surface area contributed by atoms with E-state index in [0.29, 0.717) is 12.1 Å². The number of hydrogen-bond acceptors (Lipinski definition) is 5. The highest BCUT2D eigenvalue weighted by Crippen LogP contribution is 2.15. The molecule has 6 heteroatoms.